The van der Waals surface area contributed by atoms with E-state index in [2.05, 4.69) is 31.3 Å². The van der Waals surface area contributed by atoms with Crippen molar-refractivity contribution in [3.63, 3.8) is 0 Å². The van der Waals surface area contributed by atoms with Crippen LogP contribution in [-0.4, -0.2) is 25.8 Å². The molecule has 5 nitrogen and oxygen atoms in total. The summed E-state index contributed by atoms with van der Waals surface area (Å²) in [6.45, 7) is 6.36. The minimum Gasteiger partial charge on any atom is -0.496 e. The van der Waals surface area contributed by atoms with Crippen molar-refractivity contribution in [1.29, 1.82) is 0 Å². The van der Waals surface area contributed by atoms with Crippen LogP contribution in [0.3, 0.4) is 0 Å². The third kappa shape index (κ3) is 5.13. The van der Waals surface area contributed by atoms with E-state index in [1.807, 2.05) is 60.7 Å². The average molecular weight is 390 g/mol. The number of hydrazone groups is 1. The summed E-state index contributed by atoms with van der Waals surface area (Å²) in [6.07, 6.45) is 1.62. The molecule has 1 N–H and O–H groups in total. The first-order valence-corrected chi connectivity index (χ1v) is 9.49. The molecule has 0 atom stereocenters. The first kappa shape index (κ1) is 20.4. The van der Waals surface area contributed by atoms with Gasteiger partial charge in [0, 0.05) is 10.9 Å². The number of nitrogens with zero attached hydrogens (tertiary/aromatic N) is 1. The number of nitrogens with one attached hydrogen (secondary N) is 1. The molecule has 0 bridgehead atoms. The number of ether oxygens (including phenoxy) is 2. The van der Waals surface area contributed by atoms with E-state index >= 15 is 0 Å². The second kappa shape index (κ2) is 8.78. The molecule has 5 heteroatoms. The van der Waals surface area contributed by atoms with Crippen LogP contribution in [0.4, 0.5) is 0 Å². The highest BCUT2D eigenvalue weighted by Gasteiger charge is 2.13. The highest BCUT2D eigenvalue weighted by atomic mass is 16.5. The van der Waals surface area contributed by atoms with Gasteiger partial charge in [-0.25, -0.2) is 5.43 Å². The van der Waals surface area contributed by atoms with Crippen LogP contribution in [0.15, 0.2) is 65.8 Å². The maximum atomic E-state index is 12.0. The van der Waals surface area contributed by atoms with Crippen LogP contribution < -0.4 is 14.9 Å². The van der Waals surface area contributed by atoms with E-state index in [4.69, 9.17) is 9.47 Å². The van der Waals surface area contributed by atoms with E-state index in [1.54, 1.807) is 13.3 Å². The molecular weight excluding hydrogens is 364 g/mol. The maximum Gasteiger partial charge on any atom is 0.277 e. The van der Waals surface area contributed by atoms with Gasteiger partial charge in [-0.15, -0.1) is 0 Å². The summed E-state index contributed by atoms with van der Waals surface area (Å²) in [5, 5.41) is 6.05. The highest BCUT2D eigenvalue weighted by Crippen LogP contribution is 2.27. The van der Waals surface area contributed by atoms with Gasteiger partial charge in [-0.3, -0.25) is 4.79 Å². The molecule has 0 aliphatic carbocycles. The molecule has 29 heavy (non-hydrogen) atoms. The number of amides is 1. The predicted octanol–water partition coefficient (Wildman–Crippen LogP) is 4.68. The molecular formula is C24H26N2O3. The van der Waals surface area contributed by atoms with Gasteiger partial charge in [0.05, 0.1) is 13.3 Å². The summed E-state index contributed by atoms with van der Waals surface area (Å²) >= 11 is 0. The van der Waals surface area contributed by atoms with Crippen molar-refractivity contribution in [2.45, 2.75) is 26.2 Å². The molecule has 0 radical (unpaired) electrons. The first-order valence-electron chi connectivity index (χ1n) is 9.49. The van der Waals surface area contributed by atoms with Gasteiger partial charge in [0.25, 0.3) is 5.91 Å². The molecule has 0 fully saturated rings. The topological polar surface area (TPSA) is 59.9 Å². The van der Waals surface area contributed by atoms with E-state index in [0.717, 1.165) is 22.1 Å². The summed E-state index contributed by atoms with van der Waals surface area (Å²) in [5.41, 5.74) is 4.69. The lowest BCUT2D eigenvalue weighted by Gasteiger charge is -2.19. The number of benzene rings is 3. The fourth-order valence-electron chi connectivity index (χ4n) is 2.99. The van der Waals surface area contributed by atoms with Crippen molar-refractivity contribution < 1.29 is 14.3 Å². The molecule has 150 valence electrons. The van der Waals surface area contributed by atoms with Gasteiger partial charge in [-0.2, -0.15) is 5.10 Å². The molecule has 0 unspecified atom stereocenters. The molecule has 3 aromatic carbocycles. The summed E-state index contributed by atoms with van der Waals surface area (Å²) in [6, 6.07) is 19.5. The quantitative estimate of drug-likeness (QED) is 0.491. The number of fused-ring (bicyclic) bond motifs is 1. The van der Waals surface area contributed by atoms with Gasteiger partial charge >= 0.3 is 0 Å². The maximum absolute atomic E-state index is 12.0. The second-order valence-corrected chi connectivity index (χ2v) is 7.76. The highest BCUT2D eigenvalue weighted by molar-refractivity contribution is 6.02. The second-order valence-electron chi connectivity index (χ2n) is 7.76. The van der Waals surface area contributed by atoms with Gasteiger partial charge in [0.15, 0.2) is 6.61 Å². The SMILES string of the molecule is COc1ccc(/C=N/NC(=O)COc2ccc(C(C)(C)C)cc2)c2ccccc12. The Kier molecular flexibility index (Phi) is 6.17. The van der Waals surface area contributed by atoms with Crippen LogP contribution in [-0.2, 0) is 10.2 Å². The molecule has 0 saturated carbocycles. The molecule has 0 aliphatic heterocycles. The van der Waals surface area contributed by atoms with Crippen molar-refractivity contribution >= 4 is 22.9 Å². The summed E-state index contributed by atoms with van der Waals surface area (Å²) < 4.78 is 10.9. The average Bonchev–Trinajstić information content (AvgIpc) is 2.72. The molecule has 0 aromatic heterocycles. The van der Waals surface area contributed by atoms with E-state index < -0.39 is 0 Å². The van der Waals surface area contributed by atoms with Gasteiger partial charge in [-0.1, -0.05) is 57.2 Å². The van der Waals surface area contributed by atoms with Crippen LogP contribution in [0.5, 0.6) is 11.5 Å². The monoisotopic (exact) mass is 390 g/mol. The molecule has 3 rings (SSSR count). The van der Waals surface area contributed by atoms with Crippen LogP contribution in [0.1, 0.15) is 31.9 Å². The van der Waals surface area contributed by atoms with Gasteiger partial charge < -0.3 is 9.47 Å². The van der Waals surface area contributed by atoms with Crippen molar-refractivity contribution in [1.82, 2.24) is 5.43 Å². The van der Waals surface area contributed by atoms with Crippen LogP contribution in [0.25, 0.3) is 10.8 Å². The lowest BCUT2D eigenvalue weighted by molar-refractivity contribution is -0.123. The lowest BCUT2D eigenvalue weighted by Crippen LogP contribution is -2.24. The zero-order valence-electron chi connectivity index (χ0n) is 17.2. The minimum atomic E-state index is -0.320. The van der Waals surface area contributed by atoms with Gasteiger partial charge in [0.1, 0.15) is 11.5 Å². The normalized spacial score (nSPS) is 11.6. The Hall–Kier alpha value is -3.34. The van der Waals surface area contributed by atoms with Crippen LogP contribution in [0.2, 0.25) is 0 Å². The summed E-state index contributed by atoms with van der Waals surface area (Å²) in [4.78, 5) is 12.0. The van der Waals surface area contributed by atoms with E-state index in [-0.39, 0.29) is 17.9 Å². The third-order valence-electron chi connectivity index (χ3n) is 4.62. The Morgan fingerprint density at radius 1 is 1.00 bits per heavy atom. The number of carbonyl (C=O) groups is 1. The first-order chi connectivity index (χ1) is 13.9. The molecule has 0 heterocycles. The molecule has 0 saturated heterocycles. The van der Waals surface area contributed by atoms with Gasteiger partial charge in [0.2, 0.25) is 0 Å². The fourth-order valence-corrected chi connectivity index (χ4v) is 2.99. The van der Waals surface area contributed by atoms with Crippen LogP contribution in [0, 0.1) is 0 Å². The van der Waals surface area contributed by atoms with Crippen molar-refractivity contribution in [2.75, 3.05) is 13.7 Å². The fraction of sp³-hybridized carbons (Fsp3) is 0.250. The summed E-state index contributed by atoms with van der Waals surface area (Å²) in [5.74, 6) is 1.13. The molecule has 0 spiro atoms. The Morgan fingerprint density at radius 2 is 1.69 bits per heavy atom. The van der Waals surface area contributed by atoms with Gasteiger partial charge in [-0.05, 0) is 40.6 Å². The van der Waals surface area contributed by atoms with E-state index in [9.17, 15) is 4.79 Å². The standard InChI is InChI=1S/C24H26N2O3/c1-24(2,3)18-10-12-19(13-11-18)29-16-23(27)26-25-15-17-9-14-22(28-4)21-8-6-5-7-20(17)21/h5-15H,16H2,1-4H3,(H,26,27)/b25-15+. The van der Waals surface area contributed by atoms with Crippen molar-refractivity contribution in [3.05, 3.63) is 71.8 Å². The predicted molar refractivity (Wildman–Crippen MR) is 117 cm³/mol. The largest absolute Gasteiger partial charge is 0.496 e. The molecule has 1 amide bonds. The Labute approximate surface area is 171 Å². The zero-order chi connectivity index (χ0) is 20.9. The molecule has 0 aliphatic rings. The number of hydrogen-bond acceptors (Lipinski definition) is 4. The van der Waals surface area contributed by atoms with Crippen molar-refractivity contribution in [3.8, 4) is 11.5 Å². The Bertz CT molecular complexity index is 1020. The number of carbonyl (C=O) groups excluding carboxylic acids is 1. The van der Waals surface area contributed by atoms with E-state index in [1.165, 1.54) is 5.56 Å². The molecule has 3 aromatic rings. The Balaban J connectivity index is 1.58. The smallest absolute Gasteiger partial charge is 0.277 e. The third-order valence-corrected chi connectivity index (χ3v) is 4.62. The van der Waals surface area contributed by atoms with Crippen molar-refractivity contribution in [2.24, 2.45) is 5.10 Å². The number of rotatable bonds is 6. The zero-order valence-corrected chi connectivity index (χ0v) is 17.2. The number of hydrogen-bond donors (Lipinski definition) is 1. The van der Waals surface area contributed by atoms with E-state index in [0.29, 0.717) is 5.75 Å². The summed E-state index contributed by atoms with van der Waals surface area (Å²) in [7, 11) is 1.65. The number of methoxy groups -OCH3 is 1. The Morgan fingerprint density at radius 3 is 2.34 bits per heavy atom. The minimum absolute atomic E-state index is 0.0796. The van der Waals surface area contributed by atoms with Crippen LogP contribution >= 0.6 is 0 Å². The lowest BCUT2D eigenvalue weighted by atomic mass is 9.87.